The number of benzene rings is 1. The Bertz CT molecular complexity index is 708. The van der Waals surface area contributed by atoms with Crippen LogP contribution in [0.2, 0.25) is 0 Å². The van der Waals surface area contributed by atoms with E-state index in [4.69, 9.17) is 4.74 Å². The molecule has 0 spiro atoms. The van der Waals surface area contributed by atoms with E-state index in [2.05, 4.69) is 5.32 Å². The number of esters is 1. The molecule has 1 N–H and O–H groups in total. The van der Waals surface area contributed by atoms with Gasteiger partial charge in [0, 0.05) is 5.92 Å². The van der Waals surface area contributed by atoms with Crippen LogP contribution in [-0.4, -0.2) is 41.7 Å². The summed E-state index contributed by atoms with van der Waals surface area (Å²) in [7, 11) is 0. The maximum atomic E-state index is 12.4. The van der Waals surface area contributed by atoms with E-state index in [0.717, 1.165) is 37.0 Å². The lowest BCUT2D eigenvalue weighted by molar-refractivity contribution is -0.127. The molecule has 2 fully saturated rings. The van der Waals surface area contributed by atoms with Crippen molar-refractivity contribution in [3.63, 3.8) is 0 Å². The van der Waals surface area contributed by atoms with E-state index >= 15 is 0 Å². The second kappa shape index (κ2) is 8.12. The highest BCUT2D eigenvalue weighted by Crippen LogP contribution is 2.24. The normalized spacial score (nSPS) is 17.9. The van der Waals surface area contributed by atoms with Gasteiger partial charge >= 0.3 is 12.0 Å². The van der Waals surface area contributed by atoms with Gasteiger partial charge in [-0.1, -0.05) is 37.5 Å². The molecule has 1 saturated carbocycles. The third-order valence-electron chi connectivity index (χ3n) is 4.91. The number of hydrogen-bond donors (Lipinski definition) is 1. The summed E-state index contributed by atoms with van der Waals surface area (Å²) in [6, 6.07) is 6.15. The Morgan fingerprint density at radius 2 is 1.85 bits per heavy atom. The third kappa shape index (κ3) is 4.09. The van der Waals surface area contributed by atoms with Crippen LogP contribution < -0.4 is 5.32 Å². The first-order valence-electron chi connectivity index (χ1n) is 8.92. The molecular formula is C19H22N2O5. The zero-order valence-corrected chi connectivity index (χ0v) is 14.5. The second-order valence-corrected chi connectivity index (χ2v) is 6.67. The first-order valence-corrected chi connectivity index (χ1v) is 8.92. The number of hydrogen-bond acceptors (Lipinski definition) is 5. The zero-order chi connectivity index (χ0) is 18.5. The van der Waals surface area contributed by atoms with Gasteiger partial charge in [0.25, 0.3) is 0 Å². The summed E-state index contributed by atoms with van der Waals surface area (Å²) in [6.45, 7) is -0.283. The monoisotopic (exact) mass is 358 g/mol. The van der Waals surface area contributed by atoms with Crippen LogP contribution >= 0.6 is 0 Å². The fourth-order valence-corrected chi connectivity index (χ4v) is 3.40. The van der Waals surface area contributed by atoms with Gasteiger partial charge in [-0.3, -0.25) is 14.5 Å². The average Bonchev–Trinajstić information content (AvgIpc) is 2.99. The molecule has 0 bridgehead atoms. The molecule has 2 aliphatic rings. The molecule has 0 radical (unpaired) electrons. The molecule has 138 valence electrons. The van der Waals surface area contributed by atoms with Crippen molar-refractivity contribution in [3.05, 3.63) is 35.4 Å². The van der Waals surface area contributed by atoms with E-state index < -0.39 is 12.0 Å². The van der Waals surface area contributed by atoms with Gasteiger partial charge in [-0.05, 0) is 24.5 Å². The fourth-order valence-electron chi connectivity index (χ4n) is 3.40. The van der Waals surface area contributed by atoms with Crippen molar-refractivity contribution in [2.75, 3.05) is 13.2 Å². The highest BCUT2D eigenvalue weighted by Gasteiger charge is 2.30. The summed E-state index contributed by atoms with van der Waals surface area (Å²) in [5, 5.41) is 2.44. The van der Waals surface area contributed by atoms with E-state index in [-0.39, 0.29) is 42.9 Å². The molecule has 7 nitrogen and oxygen atoms in total. The highest BCUT2D eigenvalue weighted by atomic mass is 16.5. The van der Waals surface area contributed by atoms with Crippen LogP contribution in [0.25, 0.3) is 0 Å². The molecule has 0 aromatic heterocycles. The topological polar surface area (TPSA) is 92.8 Å². The maximum Gasteiger partial charge on any atom is 0.338 e. The minimum absolute atomic E-state index is 0.00743. The lowest BCUT2D eigenvalue weighted by atomic mass is 9.86. The van der Waals surface area contributed by atoms with Crippen LogP contribution in [0.3, 0.4) is 0 Å². The van der Waals surface area contributed by atoms with Gasteiger partial charge in [-0.25, -0.2) is 9.59 Å². The van der Waals surface area contributed by atoms with Gasteiger partial charge in [0.15, 0.2) is 12.4 Å². The number of urea groups is 1. The van der Waals surface area contributed by atoms with Crippen LogP contribution in [0.5, 0.6) is 0 Å². The average molecular weight is 358 g/mol. The molecule has 26 heavy (non-hydrogen) atoms. The van der Waals surface area contributed by atoms with Crippen LogP contribution in [0, 0.1) is 5.92 Å². The number of Topliss-reactive ketones (excluding diaryl/α,β-unsaturated/α-hetero) is 1. The summed E-state index contributed by atoms with van der Waals surface area (Å²) in [6.07, 6.45) is 4.95. The number of nitrogens with zero attached hydrogens (tertiary/aromatic N) is 1. The number of rotatable bonds is 6. The third-order valence-corrected chi connectivity index (χ3v) is 4.91. The lowest BCUT2D eigenvalue weighted by Gasteiger charge is -2.20. The van der Waals surface area contributed by atoms with Crippen LogP contribution in [0.4, 0.5) is 4.79 Å². The van der Waals surface area contributed by atoms with Gasteiger partial charge in [0.1, 0.15) is 0 Å². The fraction of sp³-hybridized carbons (Fsp3) is 0.474. The van der Waals surface area contributed by atoms with Gasteiger partial charge in [-0.2, -0.15) is 0 Å². The van der Waals surface area contributed by atoms with E-state index in [1.807, 2.05) is 0 Å². The number of carbonyl (C=O) groups excluding carboxylic acids is 4. The summed E-state index contributed by atoms with van der Waals surface area (Å²) in [4.78, 5) is 49.1. The number of carbonyl (C=O) groups is 4. The second-order valence-electron chi connectivity index (χ2n) is 6.67. The summed E-state index contributed by atoms with van der Waals surface area (Å²) < 4.78 is 5.21. The molecule has 1 saturated heterocycles. The zero-order valence-electron chi connectivity index (χ0n) is 14.5. The SMILES string of the molecule is O=C(OCC(=O)C1CCCCC1)c1ccccc1CN1C(=O)CNC1=O. The number of imide groups is 1. The molecule has 1 heterocycles. The van der Waals surface area contributed by atoms with Crippen molar-refractivity contribution < 1.29 is 23.9 Å². The van der Waals surface area contributed by atoms with Crippen molar-refractivity contribution in [3.8, 4) is 0 Å². The maximum absolute atomic E-state index is 12.4. The van der Waals surface area contributed by atoms with Crippen LogP contribution in [0.1, 0.15) is 48.0 Å². The predicted octanol–water partition coefficient (Wildman–Crippen LogP) is 2.04. The molecule has 0 unspecified atom stereocenters. The molecule has 7 heteroatoms. The Kier molecular flexibility index (Phi) is 5.65. The standard InChI is InChI=1S/C19H22N2O5/c22-16(13-6-2-1-3-7-13)12-26-18(24)15-9-5-4-8-14(15)11-21-17(23)10-20-19(21)25/h4-5,8-9,13H,1-3,6-7,10-12H2,(H,20,25). The molecule has 1 aromatic carbocycles. The van der Waals surface area contributed by atoms with Crippen molar-refractivity contribution >= 4 is 23.7 Å². The smallest absolute Gasteiger partial charge is 0.338 e. The van der Waals surface area contributed by atoms with E-state index in [1.165, 1.54) is 0 Å². The van der Waals surface area contributed by atoms with Crippen molar-refractivity contribution in [1.29, 1.82) is 0 Å². The molecule has 3 amide bonds. The quantitative estimate of drug-likeness (QED) is 0.620. The van der Waals surface area contributed by atoms with Gasteiger partial charge in [-0.15, -0.1) is 0 Å². The summed E-state index contributed by atoms with van der Waals surface area (Å²) in [5.74, 6) is -1.01. The highest BCUT2D eigenvalue weighted by molar-refractivity contribution is 6.02. The largest absolute Gasteiger partial charge is 0.454 e. The number of nitrogens with one attached hydrogen (secondary N) is 1. The van der Waals surface area contributed by atoms with E-state index in [9.17, 15) is 19.2 Å². The van der Waals surface area contributed by atoms with Crippen molar-refractivity contribution in [2.24, 2.45) is 5.92 Å². The Morgan fingerprint density at radius 1 is 1.12 bits per heavy atom. The Balaban J connectivity index is 1.63. The van der Waals surface area contributed by atoms with Crippen molar-refractivity contribution in [1.82, 2.24) is 10.2 Å². The molecule has 3 rings (SSSR count). The Labute approximate surface area is 151 Å². The lowest BCUT2D eigenvalue weighted by Crippen LogP contribution is -2.31. The van der Waals surface area contributed by atoms with Crippen LogP contribution in [-0.2, 0) is 20.9 Å². The molecular weight excluding hydrogens is 336 g/mol. The number of ketones is 1. The minimum atomic E-state index is -0.614. The predicted molar refractivity (Wildman–Crippen MR) is 92.3 cm³/mol. The first-order chi connectivity index (χ1) is 12.6. The first kappa shape index (κ1) is 18.1. The minimum Gasteiger partial charge on any atom is -0.454 e. The van der Waals surface area contributed by atoms with Gasteiger partial charge in [0.05, 0.1) is 18.7 Å². The molecule has 1 aliphatic heterocycles. The Morgan fingerprint density at radius 3 is 2.54 bits per heavy atom. The molecule has 0 atom stereocenters. The van der Waals surface area contributed by atoms with Crippen LogP contribution in [0.15, 0.2) is 24.3 Å². The number of amides is 3. The molecule has 1 aliphatic carbocycles. The molecule has 1 aromatic rings. The van der Waals surface area contributed by atoms with Gasteiger partial charge < -0.3 is 10.1 Å². The van der Waals surface area contributed by atoms with Crippen molar-refractivity contribution in [2.45, 2.75) is 38.6 Å². The summed E-state index contributed by atoms with van der Waals surface area (Å²) in [5.41, 5.74) is 0.768. The van der Waals surface area contributed by atoms with Gasteiger partial charge in [0.2, 0.25) is 5.91 Å². The van der Waals surface area contributed by atoms with E-state index in [0.29, 0.717) is 5.56 Å². The number of ether oxygens (including phenoxy) is 1. The summed E-state index contributed by atoms with van der Waals surface area (Å²) >= 11 is 0. The Hall–Kier alpha value is -2.70. The van der Waals surface area contributed by atoms with E-state index in [1.54, 1.807) is 24.3 Å².